The molecule has 1 N–H and O–H groups in total. The lowest BCUT2D eigenvalue weighted by atomic mass is 10.2. The van der Waals surface area contributed by atoms with Gasteiger partial charge in [0.15, 0.2) is 0 Å². The Balaban J connectivity index is 1.99. The largest absolute Gasteiger partial charge is 0.448 e. The monoisotopic (exact) mass is 288 g/mol. The lowest BCUT2D eigenvalue weighted by Crippen LogP contribution is -2.33. The number of halogens is 3. The molecule has 0 saturated carbocycles. The molecule has 1 heterocycles. The summed E-state index contributed by atoms with van der Waals surface area (Å²) in [5.74, 6) is -0.580. The molecular formula is C12H11F3N2O3. The van der Waals surface area contributed by atoms with Crippen molar-refractivity contribution in [3.05, 3.63) is 29.8 Å². The van der Waals surface area contributed by atoms with E-state index in [1.165, 1.54) is 17.0 Å². The van der Waals surface area contributed by atoms with Crippen molar-refractivity contribution in [1.29, 1.82) is 0 Å². The molecule has 0 atom stereocenters. The van der Waals surface area contributed by atoms with Crippen LogP contribution in [0.15, 0.2) is 24.3 Å². The Morgan fingerprint density at radius 1 is 1.40 bits per heavy atom. The van der Waals surface area contributed by atoms with Gasteiger partial charge in [0.1, 0.15) is 13.2 Å². The average Bonchev–Trinajstić information content (AvgIpc) is 2.74. The quantitative estimate of drug-likeness (QED) is 0.926. The van der Waals surface area contributed by atoms with Crippen LogP contribution in [-0.2, 0) is 15.7 Å². The minimum absolute atomic E-state index is 0.0254. The summed E-state index contributed by atoms with van der Waals surface area (Å²) >= 11 is 0. The van der Waals surface area contributed by atoms with Gasteiger partial charge in [0, 0.05) is 5.69 Å². The molecule has 108 valence electrons. The SMILES string of the molecule is O=C(CN1CCOC1=O)Nc1cccc(C(F)(F)F)c1. The first-order valence-corrected chi connectivity index (χ1v) is 5.75. The highest BCUT2D eigenvalue weighted by Gasteiger charge is 2.30. The Kier molecular flexibility index (Phi) is 3.82. The van der Waals surface area contributed by atoms with Crippen LogP contribution in [0.4, 0.5) is 23.7 Å². The van der Waals surface area contributed by atoms with Gasteiger partial charge in [-0.1, -0.05) is 6.07 Å². The number of carbonyl (C=O) groups is 2. The number of alkyl halides is 3. The molecule has 2 rings (SSSR count). The fraction of sp³-hybridized carbons (Fsp3) is 0.333. The molecule has 0 spiro atoms. The normalized spacial score (nSPS) is 15.2. The molecule has 0 aliphatic carbocycles. The highest BCUT2D eigenvalue weighted by Crippen LogP contribution is 2.30. The number of benzene rings is 1. The van der Waals surface area contributed by atoms with Crippen LogP contribution < -0.4 is 5.32 Å². The number of rotatable bonds is 3. The first-order valence-electron chi connectivity index (χ1n) is 5.75. The van der Waals surface area contributed by atoms with Gasteiger partial charge in [-0.2, -0.15) is 13.2 Å². The van der Waals surface area contributed by atoms with E-state index in [0.29, 0.717) is 0 Å². The molecule has 5 nitrogen and oxygen atoms in total. The van der Waals surface area contributed by atoms with Crippen LogP contribution in [-0.4, -0.2) is 36.6 Å². The molecule has 2 amide bonds. The Labute approximate surface area is 112 Å². The van der Waals surface area contributed by atoms with Gasteiger partial charge < -0.3 is 10.1 Å². The van der Waals surface area contributed by atoms with E-state index < -0.39 is 23.7 Å². The predicted octanol–water partition coefficient (Wildman–Crippen LogP) is 2.10. The van der Waals surface area contributed by atoms with Crippen molar-refractivity contribution >= 4 is 17.7 Å². The van der Waals surface area contributed by atoms with E-state index >= 15 is 0 Å². The van der Waals surface area contributed by atoms with Crippen molar-refractivity contribution in [2.45, 2.75) is 6.18 Å². The van der Waals surface area contributed by atoms with Gasteiger partial charge in [0.05, 0.1) is 12.1 Å². The van der Waals surface area contributed by atoms with E-state index in [4.69, 9.17) is 0 Å². The maximum atomic E-state index is 12.5. The third-order valence-electron chi connectivity index (χ3n) is 2.65. The Morgan fingerprint density at radius 2 is 2.15 bits per heavy atom. The molecule has 0 bridgehead atoms. The van der Waals surface area contributed by atoms with E-state index in [2.05, 4.69) is 10.1 Å². The summed E-state index contributed by atoms with van der Waals surface area (Å²) in [7, 11) is 0. The molecule has 8 heteroatoms. The Hall–Kier alpha value is -2.25. The van der Waals surface area contributed by atoms with Gasteiger partial charge >= 0.3 is 12.3 Å². The fourth-order valence-corrected chi connectivity index (χ4v) is 1.72. The number of nitrogens with zero attached hydrogens (tertiary/aromatic N) is 1. The highest BCUT2D eigenvalue weighted by atomic mass is 19.4. The molecule has 20 heavy (non-hydrogen) atoms. The fourth-order valence-electron chi connectivity index (χ4n) is 1.72. The van der Waals surface area contributed by atoms with Crippen LogP contribution in [0.5, 0.6) is 0 Å². The standard InChI is InChI=1S/C12H11F3N2O3/c13-12(14,15)8-2-1-3-9(6-8)16-10(18)7-17-4-5-20-11(17)19/h1-3,6H,4-5,7H2,(H,16,18). The van der Waals surface area contributed by atoms with Gasteiger partial charge in [-0.05, 0) is 18.2 Å². The molecule has 0 aromatic heterocycles. The summed E-state index contributed by atoms with van der Waals surface area (Å²) in [6.45, 7) is 0.236. The molecule has 1 fully saturated rings. The predicted molar refractivity (Wildman–Crippen MR) is 63.0 cm³/mol. The van der Waals surface area contributed by atoms with Crippen LogP contribution in [0.25, 0.3) is 0 Å². The molecular weight excluding hydrogens is 277 g/mol. The molecule has 1 aliphatic heterocycles. The molecule has 1 aromatic rings. The molecule has 1 aliphatic rings. The van der Waals surface area contributed by atoms with Crippen molar-refractivity contribution in [3.63, 3.8) is 0 Å². The highest BCUT2D eigenvalue weighted by molar-refractivity contribution is 5.94. The molecule has 0 radical (unpaired) electrons. The second-order valence-corrected chi connectivity index (χ2v) is 4.16. The van der Waals surface area contributed by atoms with Crippen LogP contribution >= 0.6 is 0 Å². The topological polar surface area (TPSA) is 58.6 Å². The van der Waals surface area contributed by atoms with Crippen LogP contribution in [0.1, 0.15) is 5.56 Å². The van der Waals surface area contributed by atoms with Crippen LogP contribution in [0.2, 0.25) is 0 Å². The van der Waals surface area contributed by atoms with Crippen molar-refractivity contribution < 1.29 is 27.5 Å². The van der Waals surface area contributed by atoms with Crippen LogP contribution in [0, 0.1) is 0 Å². The van der Waals surface area contributed by atoms with Gasteiger partial charge in [0.2, 0.25) is 5.91 Å². The summed E-state index contributed by atoms with van der Waals surface area (Å²) in [6, 6.07) is 4.28. The summed E-state index contributed by atoms with van der Waals surface area (Å²) in [6.07, 6.45) is -5.08. The van der Waals surface area contributed by atoms with E-state index in [-0.39, 0.29) is 25.4 Å². The van der Waals surface area contributed by atoms with E-state index in [1.807, 2.05) is 0 Å². The maximum Gasteiger partial charge on any atom is 0.416 e. The summed E-state index contributed by atoms with van der Waals surface area (Å²) < 4.78 is 42.1. The van der Waals surface area contributed by atoms with Gasteiger partial charge in [-0.3, -0.25) is 9.69 Å². The number of amides is 2. The van der Waals surface area contributed by atoms with Gasteiger partial charge in [0.25, 0.3) is 0 Å². The number of cyclic esters (lactones) is 1. The van der Waals surface area contributed by atoms with Crippen molar-refractivity contribution in [2.75, 3.05) is 25.0 Å². The minimum Gasteiger partial charge on any atom is -0.448 e. The number of hydrogen-bond acceptors (Lipinski definition) is 3. The maximum absolute atomic E-state index is 12.5. The van der Waals surface area contributed by atoms with Gasteiger partial charge in [-0.25, -0.2) is 4.79 Å². The first kappa shape index (κ1) is 14.2. The number of anilines is 1. The second kappa shape index (κ2) is 5.40. The summed E-state index contributed by atoms with van der Waals surface area (Å²) in [5, 5.41) is 2.31. The average molecular weight is 288 g/mol. The third kappa shape index (κ3) is 3.40. The van der Waals surface area contributed by atoms with E-state index in [0.717, 1.165) is 12.1 Å². The lowest BCUT2D eigenvalue weighted by Gasteiger charge is -2.13. The molecule has 0 unspecified atom stereocenters. The Morgan fingerprint density at radius 3 is 2.75 bits per heavy atom. The number of hydrogen-bond donors (Lipinski definition) is 1. The zero-order valence-corrected chi connectivity index (χ0v) is 10.2. The van der Waals surface area contributed by atoms with E-state index in [1.54, 1.807) is 0 Å². The van der Waals surface area contributed by atoms with Crippen LogP contribution in [0.3, 0.4) is 0 Å². The zero-order valence-electron chi connectivity index (χ0n) is 10.2. The number of carbonyl (C=O) groups excluding carboxylic acids is 2. The molecule has 1 saturated heterocycles. The Bertz CT molecular complexity index is 531. The zero-order chi connectivity index (χ0) is 14.8. The third-order valence-corrected chi connectivity index (χ3v) is 2.65. The van der Waals surface area contributed by atoms with E-state index in [9.17, 15) is 22.8 Å². The first-order chi connectivity index (χ1) is 9.36. The summed E-state index contributed by atoms with van der Waals surface area (Å²) in [4.78, 5) is 23.9. The second-order valence-electron chi connectivity index (χ2n) is 4.16. The van der Waals surface area contributed by atoms with Crippen molar-refractivity contribution in [3.8, 4) is 0 Å². The minimum atomic E-state index is -4.47. The molecule has 1 aromatic carbocycles. The number of ether oxygens (including phenoxy) is 1. The summed E-state index contributed by atoms with van der Waals surface area (Å²) in [5.41, 5.74) is -0.826. The van der Waals surface area contributed by atoms with Crippen molar-refractivity contribution in [1.82, 2.24) is 4.90 Å². The van der Waals surface area contributed by atoms with Gasteiger partial charge in [-0.15, -0.1) is 0 Å². The number of nitrogens with one attached hydrogen (secondary N) is 1. The lowest BCUT2D eigenvalue weighted by molar-refractivity contribution is -0.137. The van der Waals surface area contributed by atoms with Crippen molar-refractivity contribution in [2.24, 2.45) is 0 Å². The smallest absolute Gasteiger partial charge is 0.416 e.